The average molecular weight is 244 g/mol. The zero-order valence-electron chi connectivity index (χ0n) is 10.1. The minimum Gasteiger partial charge on any atom is -0.497 e. The number of benzene rings is 1. The minimum absolute atomic E-state index is 0.214. The molecule has 0 bridgehead atoms. The lowest BCUT2D eigenvalue weighted by Crippen LogP contribution is -2.29. The number of pyridine rings is 1. The van der Waals surface area contributed by atoms with Crippen molar-refractivity contribution < 1.29 is 4.74 Å². The van der Waals surface area contributed by atoms with E-state index in [0.29, 0.717) is 5.69 Å². The standard InChI is InChI=1S/C13H16N4O/c1-18-10-4-2-3-9(7-10)13(17-15)11-8-16-6-5-12(11)14/h2-8,13,17H,15H2,1H3,(H2,14,16). The van der Waals surface area contributed by atoms with Crippen LogP contribution >= 0.6 is 0 Å². The van der Waals surface area contributed by atoms with Crippen molar-refractivity contribution in [1.82, 2.24) is 10.4 Å². The number of aromatic nitrogens is 1. The van der Waals surface area contributed by atoms with Crippen LogP contribution in [-0.2, 0) is 0 Å². The van der Waals surface area contributed by atoms with E-state index in [1.807, 2.05) is 24.3 Å². The van der Waals surface area contributed by atoms with Gasteiger partial charge in [0.2, 0.25) is 0 Å². The molecule has 2 aromatic rings. The van der Waals surface area contributed by atoms with Crippen LogP contribution in [0.4, 0.5) is 5.69 Å². The largest absolute Gasteiger partial charge is 0.497 e. The van der Waals surface area contributed by atoms with E-state index in [1.54, 1.807) is 25.6 Å². The molecule has 2 rings (SSSR count). The Hall–Kier alpha value is -2.11. The molecular formula is C13H16N4O. The van der Waals surface area contributed by atoms with Gasteiger partial charge in [0.05, 0.1) is 13.2 Å². The molecule has 0 aliphatic rings. The first-order valence-electron chi connectivity index (χ1n) is 5.55. The number of hydrazine groups is 1. The van der Waals surface area contributed by atoms with Crippen LogP contribution in [0.3, 0.4) is 0 Å². The number of anilines is 1. The van der Waals surface area contributed by atoms with Gasteiger partial charge in [-0.1, -0.05) is 12.1 Å². The number of rotatable bonds is 4. The zero-order valence-corrected chi connectivity index (χ0v) is 10.1. The molecule has 5 nitrogen and oxygen atoms in total. The van der Waals surface area contributed by atoms with Gasteiger partial charge < -0.3 is 10.5 Å². The molecule has 0 saturated carbocycles. The molecule has 0 amide bonds. The summed E-state index contributed by atoms with van der Waals surface area (Å²) in [5.74, 6) is 6.40. The third-order valence-electron chi connectivity index (χ3n) is 2.79. The fourth-order valence-corrected chi connectivity index (χ4v) is 1.85. The first kappa shape index (κ1) is 12.3. The Labute approximate surface area is 106 Å². The highest BCUT2D eigenvalue weighted by molar-refractivity contribution is 5.50. The smallest absolute Gasteiger partial charge is 0.119 e. The van der Waals surface area contributed by atoms with Crippen LogP contribution in [0.25, 0.3) is 0 Å². The van der Waals surface area contributed by atoms with Crippen LogP contribution in [0.15, 0.2) is 42.7 Å². The van der Waals surface area contributed by atoms with Crippen molar-refractivity contribution >= 4 is 5.69 Å². The molecule has 1 aromatic heterocycles. The molecule has 1 heterocycles. The predicted molar refractivity (Wildman–Crippen MR) is 70.8 cm³/mol. The third kappa shape index (κ3) is 2.42. The molecule has 94 valence electrons. The van der Waals surface area contributed by atoms with Gasteiger partial charge >= 0.3 is 0 Å². The Morgan fingerprint density at radius 3 is 2.83 bits per heavy atom. The Morgan fingerprint density at radius 2 is 2.17 bits per heavy atom. The van der Waals surface area contributed by atoms with Gasteiger partial charge in [0.15, 0.2) is 0 Å². The van der Waals surface area contributed by atoms with Gasteiger partial charge in [0.1, 0.15) is 5.75 Å². The van der Waals surface area contributed by atoms with Gasteiger partial charge in [-0.3, -0.25) is 10.8 Å². The molecule has 18 heavy (non-hydrogen) atoms. The topological polar surface area (TPSA) is 86.2 Å². The summed E-state index contributed by atoms with van der Waals surface area (Å²) in [4.78, 5) is 4.08. The summed E-state index contributed by atoms with van der Waals surface area (Å²) in [5, 5.41) is 0. The molecular weight excluding hydrogens is 228 g/mol. The van der Waals surface area contributed by atoms with Crippen molar-refractivity contribution in [3.8, 4) is 5.75 Å². The molecule has 0 aliphatic heterocycles. The molecule has 5 heteroatoms. The van der Waals surface area contributed by atoms with Crippen molar-refractivity contribution in [3.63, 3.8) is 0 Å². The molecule has 1 atom stereocenters. The summed E-state index contributed by atoms with van der Waals surface area (Å²) >= 11 is 0. The molecule has 0 spiro atoms. The van der Waals surface area contributed by atoms with Gasteiger partial charge in [-0.05, 0) is 23.8 Å². The van der Waals surface area contributed by atoms with Crippen LogP contribution in [0.1, 0.15) is 17.2 Å². The normalized spacial score (nSPS) is 12.1. The highest BCUT2D eigenvalue weighted by Crippen LogP contribution is 2.27. The van der Waals surface area contributed by atoms with Crippen molar-refractivity contribution in [3.05, 3.63) is 53.9 Å². The van der Waals surface area contributed by atoms with E-state index in [1.165, 1.54) is 0 Å². The maximum absolute atomic E-state index is 5.94. The van der Waals surface area contributed by atoms with E-state index in [0.717, 1.165) is 16.9 Å². The first-order chi connectivity index (χ1) is 8.76. The number of nitrogens with one attached hydrogen (secondary N) is 1. The number of hydrogen-bond acceptors (Lipinski definition) is 5. The van der Waals surface area contributed by atoms with E-state index in [-0.39, 0.29) is 6.04 Å². The summed E-state index contributed by atoms with van der Waals surface area (Å²) in [6.45, 7) is 0. The number of ether oxygens (including phenoxy) is 1. The van der Waals surface area contributed by atoms with Crippen LogP contribution in [0.5, 0.6) is 5.75 Å². The lowest BCUT2D eigenvalue weighted by Gasteiger charge is -2.18. The molecule has 1 unspecified atom stereocenters. The molecule has 0 aliphatic carbocycles. The second-order valence-electron chi connectivity index (χ2n) is 3.88. The lowest BCUT2D eigenvalue weighted by atomic mass is 9.99. The van der Waals surface area contributed by atoms with Gasteiger partial charge in [0.25, 0.3) is 0 Å². The van der Waals surface area contributed by atoms with Crippen LogP contribution < -0.4 is 21.7 Å². The molecule has 0 saturated heterocycles. The Kier molecular flexibility index (Phi) is 3.76. The van der Waals surface area contributed by atoms with Gasteiger partial charge in [-0.15, -0.1) is 0 Å². The van der Waals surface area contributed by atoms with E-state index < -0.39 is 0 Å². The van der Waals surface area contributed by atoms with Crippen LogP contribution in [-0.4, -0.2) is 12.1 Å². The van der Waals surface area contributed by atoms with Crippen molar-refractivity contribution in [1.29, 1.82) is 0 Å². The molecule has 0 radical (unpaired) electrons. The van der Waals surface area contributed by atoms with E-state index >= 15 is 0 Å². The second-order valence-corrected chi connectivity index (χ2v) is 3.88. The second kappa shape index (κ2) is 5.48. The molecule has 1 aromatic carbocycles. The highest BCUT2D eigenvalue weighted by Gasteiger charge is 2.15. The summed E-state index contributed by atoms with van der Waals surface area (Å²) in [6.07, 6.45) is 3.36. The minimum atomic E-state index is -0.214. The maximum atomic E-state index is 5.94. The van der Waals surface area contributed by atoms with Crippen molar-refractivity contribution in [2.45, 2.75) is 6.04 Å². The van der Waals surface area contributed by atoms with Crippen molar-refractivity contribution in [2.24, 2.45) is 5.84 Å². The Balaban J connectivity index is 2.42. The van der Waals surface area contributed by atoms with E-state index in [4.69, 9.17) is 16.3 Å². The fraction of sp³-hybridized carbons (Fsp3) is 0.154. The van der Waals surface area contributed by atoms with Gasteiger partial charge in [-0.25, -0.2) is 5.43 Å². The summed E-state index contributed by atoms with van der Waals surface area (Å²) < 4.78 is 5.20. The predicted octanol–water partition coefficient (Wildman–Crippen LogP) is 1.23. The van der Waals surface area contributed by atoms with E-state index in [2.05, 4.69) is 10.4 Å². The highest BCUT2D eigenvalue weighted by atomic mass is 16.5. The summed E-state index contributed by atoms with van der Waals surface area (Å²) in [7, 11) is 1.63. The summed E-state index contributed by atoms with van der Waals surface area (Å²) in [6, 6.07) is 9.19. The van der Waals surface area contributed by atoms with Crippen molar-refractivity contribution in [2.75, 3.05) is 12.8 Å². The monoisotopic (exact) mass is 244 g/mol. The van der Waals surface area contributed by atoms with E-state index in [9.17, 15) is 0 Å². The first-order valence-corrected chi connectivity index (χ1v) is 5.55. The zero-order chi connectivity index (χ0) is 13.0. The van der Waals surface area contributed by atoms with Gasteiger partial charge in [-0.2, -0.15) is 0 Å². The number of nitrogens with two attached hydrogens (primary N) is 2. The Bertz CT molecular complexity index is 530. The maximum Gasteiger partial charge on any atom is 0.119 e. The SMILES string of the molecule is COc1cccc(C(NN)c2cnccc2N)c1. The van der Waals surface area contributed by atoms with Gasteiger partial charge in [0, 0.05) is 23.6 Å². The average Bonchev–Trinajstić information content (AvgIpc) is 2.42. The van der Waals surface area contributed by atoms with Crippen LogP contribution in [0.2, 0.25) is 0 Å². The van der Waals surface area contributed by atoms with Crippen LogP contribution in [0, 0.1) is 0 Å². The third-order valence-corrected chi connectivity index (χ3v) is 2.79. The molecule has 5 N–H and O–H groups in total. The summed E-state index contributed by atoms with van der Waals surface area (Å²) in [5.41, 5.74) is 11.1. The number of nitrogens with zero attached hydrogens (tertiary/aromatic N) is 1. The molecule has 0 fully saturated rings. The lowest BCUT2D eigenvalue weighted by molar-refractivity contribution is 0.413. The quantitative estimate of drug-likeness (QED) is 0.556. The number of nitrogen functional groups attached to an aromatic ring is 1. The number of hydrogen-bond donors (Lipinski definition) is 3. The number of methoxy groups -OCH3 is 1. The fourth-order valence-electron chi connectivity index (χ4n) is 1.85. The Morgan fingerprint density at radius 1 is 1.33 bits per heavy atom.